The third kappa shape index (κ3) is 4.72. The van der Waals surface area contributed by atoms with Gasteiger partial charge in [0.05, 0.1) is 17.7 Å². The molecule has 0 radical (unpaired) electrons. The summed E-state index contributed by atoms with van der Waals surface area (Å²) in [7, 11) is -2.24. The quantitative estimate of drug-likeness (QED) is 0.274. The average Bonchev–Trinajstić information content (AvgIpc) is 3.21. The van der Waals surface area contributed by atoms with Gasteiger partial charge >= 0.3 is 0 Å². The summed E-state index contributed by atoms with van der Waals surface area (Å²) in [6.45, 7) is 0. The third-order valence-corrected chi connectivity index (χ3v) is 6.71. The molecule has 0 aliphatic heterocycles. The lowest BCUT2D eigenvalue weighted by Crippen LogP contribution is -2.19. The van der Waals surface area contributed by atoms with Crippen LogP contribution in [0.15, 0.2) is 88.4 Å². The summed E-state index contributed by atoms with van der Waals surface area (Å²) in [4.78, 5) is 7.81. The molecule has 0 fully saturated rings. The molecule has 2 heterocycles. The van der Waals surface area contributed by atoms with Crippen molar-refractivity contribution in [2.45, 2.75) is 4.90 Å². The molecule has 0 spiro atoms. The molecular weight excluding hydrogens is 486 g/mol. The van der Waals surface area contributed by atoms with E-state index >= 15 is 0 Å². The summed E-state index contributed by atoms with van der Waals surface area (Å²) in [5, 5.41) is 8.38. The lowest BCUT2D eigenvalue weighted by atomic mass is 10.1. The highest BCUT2D eigenvalue weighted by Gasteiger charge is 2.16. The Hall–Kier alpha value is -4.22. The van der Waals surface area contributed by atoms with Crippen LogP contribution in [0, 0.1) is 0 Å². The van der Waals surface area contributed by atoms with Gasteiger partial charge in [-0.25, -0.2) is 23.1 Å². The van der Waals surface area contributed by atoms with E-state index in [1.165, 1.54) is 24.5 Å². The number of fused-ring (bicyclic) bond motifs is 3. The summed E-state index contributed by atoms with van der Waals surface area (Å²) in [6, 6.07) is 19.2. The Kier molecular flexibility index (Phi) is 5.93. The van der Waals surface area contributed by atoms with Gasteiger partial charge in [0.2, 0.25) is 5.95 Å². The van der Waals surface area contributed by atoms with Crippen molar-refractivity contribution in [1.29, 1.82) is 0 Å². The minimum absolute atomic E-state index is 0.00421. The first-order valence-electron chi connectivity index (χ1n) is 10.4. The fourth-order valence-corrected chi connectivity index (χ4v) is 4.74. The van der Waals surface area contributed by atoms with Gasteiger partial charge in [0.1, 0.15) is 16.9 Å². The largest absolute Gasteiger partial charge is 0.495 e. The lowest BCUT2D eigenvalue weighted by Gasteiger charge is -2.14. The summed E-state index contributed by atoms with van der Waals surface area (Å²) in [5.41, 5.74) is 2.71. The highest BCUT2D eigenvalue weighted by atomic mass is 32.2. The highest BCUT2D eigenvalue weighted by molar-refractivity contribution is 7.92. The van der Waals surface area contributed by atoms with Gasteiger partial charge in [-0.15, -0.1) is 0 Å². The van der Waals surface area contributed by atoms with E-state index in [4.69, 9.17) is 21.4 Å². The maximum Gasteiger partial charge on any atom is 0.264 e. The molecular formula is C24H19N5O4S2. The predicted molar refractivity (Wildman–Crippen MR) is 139 cm³/mol. The molecule has 0 amide bonds. The number of hydrogen-bond acceptors (Lipinski definition) is 7. The van der Waals surface area contributed by atoms with Gasteiger partial charge in [0.25, 0.3) is 10.0 Å². The molecule has 11 heteroatoms. The number of methoxy groups -OCH3 is 1. The van der Waals surface area contributed by atoms with Gasteiger partial charge in [-0.05, 0) is 54.7 Å². The number of rotatable bonds is 6. The molecule has 35 heavy (non-hydrogen) atoms. The van der Waals surface area contributed by atoms with Gasteiger partial charge in [-0.1, -0.05) is 18.2 Å². The van der Waals surface area contributed by atoms with Crippen LogP contribution in [0.2, 0.25) is 0 Å². The minimum atomic E-state index is -3.83. The first-order valence-corrected chi connectivity index (χ1v) is 12.3. The fraction of sp³-hybridized carbons (Fsp3) is 0.0417. The van der Waals surface area contributed by atoms with Crippen molar-refractivity contribution in [1.82, 2.24) is 9.97 Å². The normalized spacial score (nSPS) is 11.3. The van der Waals surface area contributed by atoms with Crippen molar-refractivity contribution in [3.05, 3.63) is 79.1 Å². The van der Waals surface area contributed by atoms with Gasteiger partial charge in [0, 0.05) is 34.9 Å². The Morgan fingerprint density at radius 3 is 2.40 bits per heavy atom. The van der Waals surface area contributed by atoms with Crippen LogP contribution in [0.1, 0.15) is 0 Å². The molecule has 9 nitrogen and oxygen atoms in total. The summed E-state index contributed by atoms with van der Waals surface area (Å²) in [6.07, 6.45) is 2.90. The van der Waals surface area contributed by atoms with Gasteiger partial charge in [-0.2, -0.15) is 0 Å². The van der Waals surface area contributed by atoms with Gasteiger partial charge in [0.15, 0.2) is 5.11 Å². The number of nitrogens with zero attached hydrogens (tertiary/aromatic N) is 2. The van der Waals surface area contributed by atoms with E-state index in [1.807, 2.05) is 36.4 Å². The average molecular weight is 506 g/mol. The van der Waals surface area contributed by atoms with Crippen LogP contribution in [-0.4, -0.2) is 30.6 Å². The van der Waals surface area contributed by atoms with E-state index in [2.05, 4.69) is 25.3 Å². The van der Waals surface area contributed by atoms with Crippen molar-refractivity contribution < 1.29 is 17.6 Å². The molecule has 5 aromatic rings. The van der Waals surface area contributed by atoms with E-state index < -0.39 is 10.0 Å². The molecule has 176 valence electrons. The molecule has 0 aliphatic rings. The number of hydrogen-bond donors (Lipinski definition) is 3. The fourth-order valence-electron chi connectivity index (χ4n) is 3.55. The zero-order valence-corrected chi connectivity index (χ0v) is 20.0. The highest BCUT2D eigenvalue weighted by Crippen LogP contribution is 2.36. The van der Waals surface area contributed by atoms with Crippen molar-refractivity contribution in [2.75, 3.05) is 22.5 Å². The zero-order valence-electron chi connectivity index (χ0n) is 18.3. The first-order chi connectivity index (χ1) is 16.9. The van der Waals surface area contributed by atoms with Crippen molar-refractivity contribution >= 4 is 66.6 Å². The smallest absolute Gasteiger partial charge is 0.264 e. The molecule has 0 saturated carbocycles. The topological polar surface area (TPSA) is 118 Å². The second-order valence-electron chi connectivity index (χ2n) is 7.43. The molecule has 0 atom stereocenters. The SMILES string of the molecule is COc1cc2c(cc1NC(=S)Nc1ccc(S(=O)(=O)Nc3ncccn3)cc1)oc1ccccc12. The van der Waals surface area contributed by atoms with E-state index in [0.29, 0.717) is 27.8 Å². The maximum absolute atomic E-state index is 12.5. The Morgan fingerprint density at radius 1 is 0.914 bits per heavy atom. The van der Waals surface area contributed by atoms with Crippen molar-refractivity contribution in [2.24, 2.45) is 0 Å². The first kappa shape index (κ1) is 22.6. The second kappa shape index (κ2) is 9.20. The second-order valence-corrected chi connectivity index (χ2v) is 9.52. The number of thiocarbonyl (C=S) groups is 1. The van der Waals surface area contributed by atoms with Gasteiger partial charge in [-0.3, -0.25) is 0 Å². The van der Waals surface area contributed by atoms with E-state index in [1.54, 1.807) is 25.3 Å². The number of anilines is 3. The van der Waals surface area contributed by atoms with Crippen molar-refractivity contribution in [3.63, 3.8) is 0 Å². The van der Waals surface area contributed by atoms with E-state index in [9.17, 15) is 8.42 Å². The van der Waals surface area contributed by atoms with Crippen LogP contribution in [0.25, 0.3) is 21.9 Å². The number of furan rings is 1. The van der Waals surface area contributed by atoms with Crippen LogP contribution in [0.3, 0.4) is 0 Å². The Morgan fingerprint density at radius 2 is 1.66 bits per heavy atom. The Bertz CT molecular complexity index is 1640. The molecule has 2 aromatic heterocycles. The lowest BCUT2D eigenvalue weighted by molar-refractivity contribution is 0.417. The third-order valence-electron chi connectivity index (χ3n) is 5.16. The van der Waals surface area contributed by atoms with Crippen LogP contribution in [-0.2, 0) is 10.0 Å². The summed E-state index contributed by atoms with van der Waals surface area (Å²) < 4.78 is 38.9. The molecule has 0 saturated heterocycles. The van der Waals surface area contributed by atoms with Crippen LogP contribution >= 0.6 is 12.2 Å². The maximum atomic E-state index is 12.5. The molecule has 0 unspecified atom stereocenters. The van der Waals surface area contributed by atoms with Crippen molar-refractivity contribution in [3.8, 4) is 5.75 Å². The Balaban J connectivity index is 1.31. The number of ether oxygens (including phenoxy) is 1. The van der Waals surface area contributed by atoms with Crippen LogP contribution < -0.4 is 20.1 Å². The molecule has 3 N–H and O–H groups in total. The van der Waals surface area contributed by atoms with E-state index in [0.717, 1.165) is 16.4 Å². The van der Waals surface area contributed by atoms with Gasteiger partial charge < -0.3 is 19.8 Å². The minimum Gasteiger partial charge on any atom is -0.495 e. The van der Waals surface area contributed by atoms with E-state index in [-0.39, 0.29) is 10.8 Å². The zero-order chi connectivity index (χ0) is 24.4. The predicted octanol–water partition coefficient (Wildman–Crippen LogP) is 4.99. The van der Waals surface area contributed by atoms with Crippen LogP contribution in [0.4, 0.5) is 17.3 Å². The molecule has 5 rings (SSSR count). The number of benzene rings is 3. The summed E-state index contributed by atoms with van der Waals surface area (Å²) >= 11 is 5.45. The number of sulfonamides is 1. The Labute approximate surface area is 206 Å². The monoisotopic (exact) mass is 505 g/mol. The summed E-state index contributed by atoms with van der Waals surface area (Å²) in [5.74, 6) is 0.597. The molecule has 0 bridgehead atoms. The van der Waals surface area contributed by atoms with Crippen LogP contribution in [0.5, 0.6) is 5.75 Å². The molecule has 3 aromatic carbocycles. The number of aromatic nitrogens is 2. The molecule has 0 aliphatic carbocycles. The number of para-hydroxylation sites is 1. The number of nitrogens with one attached hydrogen (secondary N) is 3. The standard InChI is InChI=1S/C24H19N5O4S2/c1-32-22-13-18-17-5-2-3-6-20(17)33-21(18)14-19(22)28-24(34)27-15-7-9-16(10-8-15)35(30,31)29-23-25-11-4-12-26-23/h2-14H,1H3,(H,25,26,29)(H2,27,28,34).